The molecule has 0 aromatic heterocycles. The van der Waals surface area contributed by atoms with Crippen LogP contribution in [0.1, 0.15) is 10.4 Å². The summed E-state index contributed by atoms with van der Waals surface area (Å²) in [5.41, 5.74) is 7.17. The Kier molecular flexibility index (Phi) is 4.77. The number of nitrogens with two attached hydrogens (primary N) is 1. The number of nitrogen functional groups attached to an aromatic ring is 1. The van der Waals surface area contributed by atoms with Crippen LogP contribution in [0.25, 0.3) is 0 Å². The Bertz CT molecular complexity index is 616. The van der Waals surface area contributed by atoms with Crippen LogP contribution in [-0.2, 0) is 0 Å². The maximum absolute atomic E-state index is 13.1. The van der Waals surface area contributed by atoms with Crippen molar-refractivity contribution in [2.45, 2.75) is 0 Å². The molecule has 4 nitrogen and oxygen atoms in total. The van der Waals surface area contributed by atoms with E-state index in [1.807, 2.05) is 42.3 Å². The van der Waals surface area contributed by atoms with Crippen LogP contribution < -0.4 is 16.0 Å². The Morgan fingerprint density at radius 1 is 1.24 bits per heavy atom. The van der Waals surface area contributed by atoms with Crippen molar-refractivity contribution in [2.24, 2.45) is 0 Å². The van der Waals surface area contributed by atoms with Gasteiger partial charge in [-0.3, -0.25) is 4.79 Å². The molecule has 0 fully saturated rings. The number of hydrogen-bond donors (Lipinski definition) is 2. The van der Waals surface area contributed by atoms with Crippen molar-refractivity contribution < 1.29 is 9.18 Å². The summed E-state index contributed by atoms with van der Waals surface area (Å²) in [7, 11) is 1.94. The topological polar surface area (TPSA) is 58.4 Å². The van der Waals surface area contributed by atoms with Crippen LogP contribution in [0, 0.1) is 5.82 Å². The van der Waals surface area contributed by atoms with Crippen LogP contribution in [-0.4, -0.2) is 26.0 Å². The van der Waals surface area contributed by atoms with Gasteiger partial charge in [0, 0.05) is 31.5 Å². The lowest BCUT2D eigenvalue weighted by Crippen LogP contribution is -2.33. The largest absolute Gasteiger partial charge is 0.398 e. The molecule has 5 heteroatoms. The van der Waals surface area contributed by atoms with Gasteiger partial charge in [-0.05, 0) is 30.3 Å². The van der Waals surface area contributed by atoms with Crippen molar-refractivity contribution in [2.75, 3.05) is 30.8 Å². The first-order valence-electron chi connectivity index (χ1n) is 6.67. The van der Waals surface area contributed by atoms with Gasteiger partial charge in [0.25, 0.3) is 5.91 Å². The van der Waals surface area contributed by atoms with Crippen molar-refractivity contribution >= 4 is 17.3 Å². The summed E-state index contributed by atoms with van der Waals surface area (Å²) in [5, 5.41) is 2.74. The van der Waals surface area contributed by atoms with Gasteiger partial charge in [0.2, 0.25) is 0 Å². The van der Waals surface area contributed by atoms with Gasteiger partial charge in [0.15, 0.2) is 0 Å². The Morgan fingerprint density at radius 2 is 1.95 bits per heavy atom. The van der Waals surface area contributed by atoms with Crippen molar-refractivity contribution in [3.05, 3.63) is 59.9 Å². The number of nitrogens with one attached hydrogen (secondary N) is 1. The molecule has 0 aliphatic rings. The molecule has 2 aromatic carbocycles. The van der Waals surface area contributed by atoms with E-state index in [4.69, 9.17) is 5.73 Å². The first kappa shape index (κ1) is 14.8. The van der Waals surface area contributed by atoms with E-state index in [9.17, 15) is 9.18 Å². The average Bonchev–Trinajstić information content (AvgIpc) is 2.50. The standard InChI is InChI=1S/C16H18FN3O/c1-20(13-5-3-2-4-6-13)10-9-19-16(21)14-11-12(17)7-8-15(14)18/h2-8,11H,9-10,18H2,1H3,(H,19,21). The summed E-state index contributed by atoms with van der Waals surface area (Å²) in [6.07, 6.45) is 0. The Labute approximate surface area is 123 Å². The highest BCUT2D eigenvalue weighted by Crippen LogP contribution is 2.13. The fourth-order valence-corrected chi connectivity index (χ4v) is 1.97. The highest BCUT2D eigenvalue weighted by Gasteiger charge is 2.10. The molecule has 2 aromatic rings. The molecule has 0 bridgehead atoms. The molecule has 0 aliphatic heterocycles. The van der Waals surface area contributed by atoms with Gasteiger partial charge < -0.3 is 16.0 Å². The lowest BCUT2D eigenvalue weighted by atomic mass is 10.1. The molecule has 3 N–H and O–H groups in total. The quantitative estimate of drug-likeness (QED) is 0.829. The monoisotopic (exact) mass is 287 g/mol. The molecule has 2 rings (SSSR count). The summed E-state index contributed by atoms with van der Waals surface area (Å²) in [6, 6.07) is 13.6. The van der Waals surface area contributed by atoms with E-state index in [0.29, 0.717) is 13.1 Å². The minimum Gasteiger partial charge on any atom is -0.398 e. The van der Waals surface area contributed by atoms with Crippen LogP contribution in [0.4, 0.5) is 15.8 Å². The highest BCUT2D eigenvalue weighted by molar-refractivity contribution is 5.99. The molecule has 21 heavy (non-hydrogen) atoms. The van der Waals surface area contributed by atoms with Gasteiger partial charge in [0.1, 0.15) is 5.82 Å². The molecular weight excluding hydrogens is 269 g/mol. The van der Waals surface area contributed by atoms with Crippen LogP contribution in [0.2, 0.25) is 0 Å². The van der Waals surface area contributed by atoms with Crippen LogP contribution in [0.15, 0.2) is 48.5 Å². The number of para-hydroxylation sites is 1. The van der Waals surface area contributed by atoms with Gasteiger partial charge in [-0.15, -0.1) is 0 Å². The van der Waals surface area contributed by atoms with Crippen molar-refractivity contribution in [3.8, 4) is 0 Å². The van der Waals surface area contributed by atoms with Crippen LogP contribution in [0.3, 0.4) is 0 Å². The summed E-state index contributed by atoms with van der Waals surface area (Å²) in [5.74, 6) is -0.843. The molecule has 0 heterocycles. The Balaban J connectivity index is 1.88. The third-order valence-corrected chi connectivity index (χ3v) is 3.19. The van der Waals surface area contributed by atoms with Gasteiger partial charge in [-0.1, -0.05) is 18.2 Å². The lowest BCUT2D eigenvalue weighted by molar-refractivity contribution is 0.0955. The van der Waals surface area contributed by atoms with E-state index in [1.54, 1.807) is 0 Å². The number of anilines is 2. The second-order valence-corrected chi connectivity index (χ2v) is 4.74. The normalized spacial score (nSPS) is 10.2. The van der Waals surface area contributed by atoms with Crippen molar-refractivity contribution in [3.63, 3.8) is 0 Å². The zero-order valence-corrected chi connectivity index (χ0v) is 11.8. The number of rotatable bonds is 5. The Morgan fingerprint density at radius 3 is 2.67 bits per heavy atom. The summed E-state index contributed by atoms with van der Waals surface area (Å²) in [4.78, 5) is 14.0. The fourth-order valence-electron chi connectivity index (χ4n) is 1.97. The zero-order valence-electron chi connectivity index (χ0n) is 11.8. The predicted octanol–water partition coefficient (Wildman–Crippen LogP) is 2.27. The molecule has 0 saturated heterocycles. The predicted molar refractivity (Wildman–Crippen MR) is 82.9 cm³/mol. The van der Waals surface area contributed by atoms with E-state index in [2.05, 4.69) is 5.32 Å². The summed E-state index contributed by atoms with van der Waals surface area (Å²) >= 11 is 0. The number of carbonyl (C=O) groups is 1. The molecule has 0 aliphatic carbocycles. The van der Waals surface area contributed by atoms with E-state index in [0.717, 1.165) is 11.8 Å². The van der Waals surface area contributed by atoms with Gasteiger partial charge in [0.05, 0.1) is 5.56 Å². The molecule has 0 spiro atoms. The maximum atomic E-state index is 13.1. The van der Waals surface area contributed by atoms with Crippen LogP contribution in [0.5, 0.6) is 0 Å². The molecule has 0 atom stereocenters. The Hall–Kier alpha value is -2.56. The number of hydrogen-bond acceptors (Lipinski definition) is 3. The second kappa shape index (κ2) is 6.74. The molecule has 0 saturated carbocycles. The average molecular weight is 287 g/mol. The van der Waals surface area contributed by atoms with Crippen molar-refractivity contribution in [1.29, 1.82) is 0 Å². The minimum atomic E-state index is -0.476. The third-order valence-electron chi connectivity index (χ3n) is 3.19. The van der Waals surface area contributed by atoms with Gasteiger partial charge in [-0.25, -0.2) is 4.39 Å². The number of halogens is 1. The molecule has 1 amide bonds. The molecular formula is C16H18FN3O. The molecule has 0 unspecified atom stereocenters. The van der Waals surface area contributed by atoms with E-state index in [-0.39, 0.29) is 17.2 Å². The number of likely N-dealkylation sites (N-methyl/N-ethyl adjacent to an activating group) is 1. The fraction of sp³-hybridized carbons (Fsp3) is 0.188. The maximum Gasteiger partial charge on any atom is 0.253 e. The number of amides is 1. The SMILES string of the molecule is CN(CCNC(=O)c1cc(F)ccc1N)c1ccccc1. The smallest absolute Gasteiger partial charge is 0.253 e. The summed E-state index contributed by atoms with van der Waals surface area (Å²) in [6.45, 7) is 1.09. The lowest BCUT2D eigenvalue weighted by Gasteiger charge is -2.19. The van der Waals surface area contributed by atoms with Crippen LogP contribution >= 0.6 is 0 Å². The first-order chi connectivity index (χ1) is 10.1. The first-order valence-corrected chi connectivity index (χ1v) is 6.67. The van der Waals surface area contributed by atoms with E-state index in [1.165, 1.54) is 12.1 Å². The van der Waals surface area contributed by atoms with Gasteiger partial charge in [-0.2, -0.15) is 0 Å². The van der Waals surface area contributed by atoms with Gasteiger partial charge >= 0.3 is 0 Å². The van der Waals surface area contributed by atoms with E-state index < -0.39 is 5.82 Å². The summed E-state index contributed by atoms with van der Waals surface area (Å²) < 4.78 is 13.1. The third kappa shape index (κ3) is 3.95. The molecule has 110 valence electrons. The van der Waals surface area contributed by atoms with E-state index >= 15 is 0 Å². The highest BCUT2D eigenvalue weighted by atomic mass is 19.1. The van der Waals surface area contributed by atoms with Crippen molar-refractivity contribution in [1.82, 2.24) is 5.32 Å². The molecule has 0 radical (unpaired) electrons. The zero-order chi connectivity index (χ0) is 15.2. The number of carbonyl (C=O) groups excluding carboxylic acids is 1. The number of benzene rings is 2. The second-order valence-electron chi connectivity index (χ2n) is 4.74. The number of nitrogens with zero attached hydrogens (tertiary/aromatic N) is 1. The minimum absolute atomic E-state index is 0.164.